The first-order valence-corrected chi connectivity index (χ1v) is 8.59. The quantitative estimate of drug-likeness (QED) is 0.714. The van der Waals surface area contributed by atoms with Gasteiger partial charge in [0.2, 0.25) is 5.91 Å². The highest BCUT2D eigenvalue weighted by Crippen LogP contribution is 2.08. The van der Waals surface area contributed by atoms with Crippen LogP contribution in [0.3, 0.4) is 0 Å². The molecule has 0 saturated heterocycles. The van der Waals surface area contributed by atoms with Gasteiger partial charge in [0.05, 0.1) is 6.54 Å². The molecule has 0 aliphatic heterocycles. The monoisotopic (exact) mass is 346 g/mol. The van der Waals surface area contributed by atoms with Gasteiger partial charge in [-0.15, -0.1) is 0 Å². The van der Waals surface area contributed by atoms with E-state index in [1.807, 2.05) is 42.5 Å². The molecule has 1 amide bonds. The third kappa shape index (κ3) is 5.41. The Bertz CT molecular complexity index is 867. The molecule has 1 N–H and O–H groups in total. The molecule has 0 bridgehead atoms. The lowest BCUT2D eigenvalue weighted by Gasteiger charge is -2.07. The molecule has 26 heavy (non-hydrogen) atoms. The number of nitrogens with zero attached hydrogens (tertiary/aromatic N) is 3. The van der Waals surface area contributed by atoms with Crippen LogP contribution in [-0.2, 0) is 17.9 Å². The maximum absolute atomic E-state index is 12.0. The molecule has 0 fully saturated rings. The van der Waals surface area contributed by atoms with Crippen LogP contribution < -0.4 is 5.32 Å². The minimum Gasteiger partial charge on any atom is -0.352 e. The number of aryl methyl sites for hydroxylation is 1. The van der Waals surface area contributed by atoms with E-state index >= 15 is 0 Å². The molecule has 0 aliphatic carbocycles. The molecule has 3 rings (SSSR count). The molecule has 132 valence electrons. The number of nitrogens with one attached hydrogen (secondary N) is 1. The lowest BCUT2D eigenvalue weighted by atomic mass is 10.1. The maximum atomic E-state index is 12.0. The molecule has 0 radical (unpaired) electrons. The van der Waals surface area contributed by atoms with Crippen molar-refractivity contribution in [2.24, 2.45) is 0 Å². The first-order valence-electron chi connectivity index (χ1n) is 8.59. The average Bonchev–Trinajstić information content (AvgIpc) is 3.15. The largest absolute Gasteiger partial charge is 0.352 e. The summed E-state index contributed by atoms with van der Waals surface area (Å²) < 4.78 is 1.77. The van der Waals surface area contributed by atoms with Crippen LogP contribution in [0.1, 0.15) is 28.7 Å². The molecule has 1 heterocycles. The van der Waals surface area contributed by atoms with Gasteiger partial charge >= 0.3 is 0 Å². The molecule has 1 aromatic heterocycles. The fraction of sp³-hybridized carbons (Fsp3) is 0.190. The fourth-order valence-corrected chi connectivity index (χ4v) is 2.59. The van der Waals surface area contributed by atoms with Gasteiger partial charge in [-0.3, -0.25) is 4.79 Å². The number of carbonyl (C=O) groups excluding carboxylic acids is 1. The van der Waals surface area contributed by atoms with Crippen LogP contribution in [0.5, 0.6) is 0 Å². The van der Waals surface area contributed by atoms with Crippen LogP contribution in [0.4, 0.5) is 0 Å². The van der Waals surface area contributed by atoms with E-state index in [2.05, 4.69) is 40.5 Å². The van der Waals surface area contributed by atoms with E-state index in [4.69, 9.17) is 0 Å². The lowest BCUT2D eigenvalue weighted by Crippen LogP contribution is -2.21. The number of amides is 1. The summed E-state index contributed by atoms with van der Waals surface area (Å²) in [7, 11) is 0. The molecule has 3 aromatic rings. The van der Waals surface area contributed by atoms with Gasteiger partial charge in [-0.25, -0.2) is 9.67 Å². The Morgan fingerprint density at radius 2 is 1.96 bits per heavy atom. The molecule has 5 heteroatoms. The second-order valence-electron chi connectivity index (χ2n) is 6.21. The van der Waals surface area contributed by atoms with E-state index in [-0.39, 0.29) is 5.91 Å². The van der Waals surface area contributed by atoms with Crippen LogP contribution in [0.25, 0.3) is 6.08 Å². The molecular weight excluding hydrogens is 324 g/mol. The Morgan fingerprint density at radius 3 is 2.73 bits per heavy atom. The molecule has 0 unspecified atom stereocenters. The second kappa shape index (κ2) is 8.76. The summed E-state index contributed by atoms with van der Waals surface area (Å²) >= 11 is 0. The highest BCUT2D eigenvalue weighted by molar-refractivity contribution is 5.78. The van der Waals surface area contributed by atoms with E-state index in [1.54, 1.807) is 11.0 Å². The topological polar surface area (TPSA) is 59.8 Å². The van der Waals surface area contributed by atoms with Crippen molar-refractivity contribution in [3.05, 3.63) is 89.5 Å². The fourth-order valence-electron chi connectivity index (χ4n) is 2.59. The standard InChI is InChI=1S/C21H22N4O/c1-17-8-10-18(11-9-17)4-3-7-21(26)23-13-19-5-2-6-20(12-19)14-25-16-22-15-24-25/h2-6,8-12,15-16H,7,13-14H2,1H3,(H,23,26). The van der Waals surface area contributed by atoms with E-state index in [0.717, 1.165) is 16.7 Å². The summed E-state index contributed by atoms with van der Waals surface area (Å²) in [4.78, 5) is 16.0. The predicted molar refractivity (Wildman–Crippen MR) is 102 cm³/mol. The van der Waals surface area contributed by atoms with Crippen molar-refractivity contribution in [2.45, 2.75) is 26.4 Å². The van der Waals surface area contributed by atoms with Crippen LogP contribution >= 0.6 is 0 Å². The molecule has 0 spiro atoms. The van der Waals surface area contributed by atoms with E-state index < -0.39 is 0 Å². The smallest absolute Gasteiger partial charge is 0.224 e. The lowest BCUT2D eigenvalue weighted by molar-refractivity contribution is -0.120. The summed E-state index contributed by atoms with van der Waals surface area (Å²) in [5, 5.41) is 7.06. The van der Waals surface area contributed by atoms with Crippen LogP contribution in [-0.4, -0.2) is 20.7 Å². The van der Waals surface area contributed by atoms with Crippen LogP contribution in [0.2, 0.25) is 0 Å². The minimum absolute atomic E-state index is 0.00930. The maximum Gasteiger partial charge on any atom is 0.224 e. The Kier molecular flexibility index (Phi) is 5.93. The summed E-state index contributed by atoms with van der Waals surface area (Å²) in [5.41, 5.74) is 4.52. The zero-order valence-electron chi connectivity index (χ0n) is 14.8. The zero-order chi connectivity index (χ0) is 18.2. The van der Waals surface area contributed by atoms with Gasteiger partial charge in [0.15, 0.2) is 0 Å². The summed E-state index contributed by atoms with van der Waals surface area (Å²) in [6.07, 6.45) is 7.44. The second-order valence-corrected chi connectivity index (χ2v) is 6.21. The number of benzene rings is 2. The zero-order valence-corrected chi connectivity index (χ0v) is 14.8. The Balaban J connectivity index is 1.47. The van der Waals surface area contributed by atoms with E-state index in [1.165, 1.54) is 11.9 Å². The van der Waals surface area contributed by atoms with Crippen molar-refractivity contribution in [1.29, 1.82) is 0 Å². The van der Waals surface area contributed by atoms with E-state index in [0.29, 0.717) is 19.5 Å². The van der Waals surface area contributed by atoms with Crippen molar-refractivity contribution in [2.75, 3.05) is 0 Å². The SMILES string of the molecule is Cc1ccc(C=CCC(=O)NCc2cccc(Cn3cncn3)c2)cc1. The number of carbonyl (C=O) groups is 1. The minimum atomic E-state index is 0.00930. The van der Waals surface area contributed by atoms with Crippen molar-refractivity contribution in [3.8, 4) is 0 Å². The van der Waals surface area contributed by atoms with Gasteiger partial charge in [0.25, 0.3) is 0 Å². The highest BCUT2D eigenvalue weighted by Gasteiger charge is 2.01. The van der Waals surface area contributed by atoms with Gasteiger partial charge in [-0.2, -0.15) is 5.10 Å². The Morgan fingerprint density at radius 1 is 1.15 bits per heavy atom. The van der Waals surface area contributed by atoms with Gasteiger partial charge in [0, 0.05) is 13.0 Å². The number of aromatic nitrogens is 3. The third-order valence-electron chi connectivity index (χ3n) is 3.98. The van der Waals surface area contributed by atoms with Crippen LogP contribution in [0.15, 0.2) is 67.3 Å². The molecule has 5 nitrogen and oxygen atoms in total. The Hall–Kier alpha value is -3.21. The Labute approximate surface area is 153 Å². The molecule has 0 saturated carbocycles. The third-order valence-corrected chi connectivity index (χ3v) is 3.98. The summed E-state index contributed by atoms with van der Waals surface area (Å²) in [5.74, 6) is 0.00930. The predicted octanol–water partition coefficient (Wildman–Crippen LogP) is 3.35. The molecule has 2 aromatic carbocycles. The highest BCUT2D eigenvalue weighted by atomic mass is 16.1. The molecule has 0 atom stereocenters. The average molecular weight is 346 g/mol. The number of hydrogen-bond donors (Lipinski definition) is 1. The summed E-state index contributed by atoms with van der Waals surface area (Å²) in [6, 6.07) is 16.3. The van der Waals surface area contributed by atoms with E-state index in [9.17, 15) is 4.79 Å². The first kappa shape index (κ1) is 17.6. The van der Waals surface area contributed by atoms with Gasteiger partial charge in [0.1, 0.15) is 12.7 Å². The van der Waals surface area contributed by atoms with Crippen molar-refractivity contribution >= 4 is 12.0 Å². The van der Waals surface area contributed by atoms with Crippen molar-refractivity contribution in [1.82, 2.24) is 20.1 Å². The van der Waals surface area contributed by atoms with Gasteiger partial charge in [-0.1, -0.05) is 66.2 Å². The normalized spacial score (nSPS) is 11.0. The van der Waals surface area contributed by atoms with Crippen molar-refractivity contribution < 1.29 is 4.79 Å². The molecule has 0 aliphatic rings. The summed E-state index contributed by atoms with van der Waals surface area (Å²) in [6.45, 7) is 3.24. The molecular formula is C21H22N4O. The van der Waals surface area contributed by atoms with Crippen molar-refractivity contribution in [3.63, 3.8) is 0 Å². The number of rotatable bonds is 7. The van der Waals surface area contributed by atoms with Gasteiger partial charge < -0.3 is 5.32 Å². The first-order chi connectivity index (χ1) is 12.7. The number of hydrogen-bond acceptors (Lipinski definition) is 3. The van der Waals surface area contributed by atoms with Gasteiger partial charge in [-0.05, 0) is 23.6 Å². The van der Waals surface area contributed by atoms with Crippen LogP contribution in [0, 0.1) is 6.92 Å².